The Morgan fingerprint density at radius 2 is 1.00 bits per heavy atom. The van der Waals surface area contributed by atoms with Gasteiger partial charge >= 0.3 is 0 Å². The molecule has 0 saturated carbocycles. The molecule has 0 bridgehead atoms. The molecular weight excluding hydrogens is 199 g/mol. The zero-order chi connectivity index (χ0) is 9.54. The van der Waals surface area contributed by atoms with Crippen LogP contribution in [-0.4, -0.2) is 20.4 Å². The monoisotopic (exact) mass is 211 g/mol. The average Bonchev–Trinajstić information content (AvgIpc) is 2.71. The molecule has 0 unspecified atom stereocenters. The maximum atomic E-state index is 8.00. The smallest absolute Gasteiger partial charge is 0.106 e. The van der Waals surface area contributed by atoms with E-state index in [1.54, 1.807) is 0 Å². The molecule has 0 amide bonds. The number of hydrogen-bond donors (Lipinski definition) is 0. The molecule has 0 atom stereocenters. The Morgan fingerprint density at radius 1 is 0.750 bits per heavy atom. The summed E-state index contributed by atoms with van der Waals surface area (Å²) in [6, 6.07) is 0. The van der Waals surface area contributed by atoms with E-state index in [0.717, 1.165) is 6.42 Å². The topological polar surface area (TPSA) is 51.2 Å². The molecular formula is C8H12MnO3. The Kier molecular flexibility index (Phi) is 94.6. The van der Waals surface area contributed by atoms with Crippen LogP contribution in [0.4, 0.5) is 0 Å². The number of hydrogen-bond acceptors (Lipinski definition) is 3. The van der Waals surface area contributed by atoms with Crippen LogP contribution in [0.15, 0.2) is 24.3 Å². The van der Waals surface area contributed by atoms with Gasteiger partial charge in [0.15, 0.2) is 0 Å². The van der Waals surface area contributed by atoms with E-state index in [2.05, 4.69) is 24.3 Å². The zero-order valence-corrected chi connectivity index (χ0v) is 7.92. The van der Waals surface area contributed by atoms with Gasteiger partial charge in [-0.25, -0.2) is 0 Å². The first-order valence-electron chi connectivity index (χ1n) is 2.68. The van der Waals surface area contributed by atoms with Gasteiger partial charge in [0.2, 0.25) is 0 Å². The first-order valence-corrected chi connectivity index (χ1v) is 2.68. The average molecular weight is 211 g/mol. The summed E-state index contributed by atoms with van der Waals surface area (Å²) in [4.78, 5) is 24.0. The third kappa shape index (κ3) is 36.0. The summed E-state index contributed by atoms with van der Waals surface area (Å²) in [7, 11) is 0. The summed E-state index contributed by atoms with van der Waals surface area (Å²) in [6.45, 7) is 6.00. The summed E-state index contributed by atoms with van der Waals surface area (Å²) in [5.41, 5.74) is 0. The molecule has 69 valence electrons. The second-order valence-electron chi connectivity index (χ2n) is 1.09. The second kappa shape index (κ2) is 50.5. The first-order chi connectivity index (χ1) is 5.50. The molecule has 0 saturated heterocycles. The van der Waals surface area contributed by atoms with Crippen molar-refractivity contribution < 1.29 is 31.5 Å². The third-order valence-corrected chi connectivity index (χ3v) is 0.655. The van der Waals surface area contributed by atoms with E-state index in [1.807, 2.05) is 20.4 Å². The van der Waals surface area contributed by atoms with Crippen LogP contribution in [-0.2, 0) is 31.5 Å². The van der Waals surface area contributed by atoms with Gasteiger partial charge in [-0.05, 0) is 6.42 Å². The van der Waals surface area contributed by atoms with E-state index < -0.39 is 0 Å². The van der Waals surface area contributed by atoms with Gasteiger partial charge in [-0.2, -0.15) is 0 Å². The van der Waals surface area contributed by atoms with Crippen molar-refractivity contribution in [2.45, 2.75) is 6.42 Å². The van der Waals surface area contributed by atoms with Crippen molar-refractivity contribution >= 4 is 20.4 Å². The molecule has 0 aromatic heterocycles. The standard InChI is InChI=1S/C5H6.3CH2O.Mn/c1-2-4-5-3-1;3*1-2;/h1-4H,5H2;3*1H2;. The molecule has 0 fully saturated rings. The van der Waals surface area contributed by atoms with E-state index in [9.17, 15) is 0 Å². The second-order valence-corrected chi connectivity index (χ2v) is 1.09. The number of rotatable bonds is 0. The summed E-state index contributed by atoms with van der Waals surface area (Å²) in [5.74, 6) is 0. The van der Waals surface area contributed by atoms with Crippen LogP contribution >= 0.6 is 0 Å². The molecule has 1 rings (SSSR count). The molecule has 3 nitrogen and oxygen atoms in total. The van der Waals surface area contributed by atoms with Crippen molar-refractivity contribution in [3.63, 3.8) is 0 Å². The van der Waals surface area contributed by atoms with Crippen LogP contribution < -0.4 is 0 Å². The Balaban J connectivity index is -0.0000000406. The van der Waals surface area contributed by atoms with Gasteiger partial charge in [-0.3, -0.25) is 0 Å². The Hall–Kier alpha value is -0.991. The quantitative estimate of drug-likeness (QED) is 0.560. The first kappa shape index (κ1) is 22.5. The van der Waals surface area contributed by atoms with E-state index >= 15 is 0 Å². The summed E-state index contributed by atoms with van der Waals surface area (Å²) in [5, 5.41) is 0. The predicted molar refractivity (Wildman–Crippen MR) is 44.3 cm³/mol. The van der Waals surface area contributed by atoms with Gasteiger partial charge in [0.05, 0.1) is 0 Å². The number of carbonyl (C=O) groups is 3. The Labute approximate surface area is 83.0 Å². The van der Waals surface area contributed by atoms with Crippen molar-refractivity contribution in [1.82, 2.24) is 0 Å². The molecule has 1 radical (unpaired) electrons. The Bertz CT molecular complexity index is 98.1. The zero-order valence-electron chi connectivity index (χ0n) is 6.74. The fourth-order valence-electron chi connectivity index (χ4n) is 0.393. The minimum atomic E-state index is 0. The molecule has 0 heterocycles. The molecule has 1 aliphatic carbocycles. The SMILES string of the molecule is C1=CCC=C1.C=O.C=O.C=O.[Mn]. The summed E-state index contributed by atoms with van der Waals surface area (Å²) in [6.07, 6.45) is 9.50. The fourth-order valence-corrected chi connectivity index (χ4v) is 0.393. The maximum absolute atomic E-state index is 8.00. The maximum Gasteiger partial charge on any atom is 0.106 e. The van der Waals surface area contributed by atoms with Crippen molar-refractivity contribution in [3.05, 3.63) is 24.3 Å². The molecule has 1 aliphatic rings. The fraction of sp³-hybridized carbons (Fsp3) is 0.125. The van der Waals surface area contributed by atoms with Gasteiger partial charge in [0, 0.05) is 17.1 Å². The summed E-state index contributed by atoms with van der Waals surface area (Å²) < 4.78 is 0. The molecule has 0 aliphatic heterocycles. The minimum Gasteiger partial charge on any atom is -0.307 e. The van der Waals surface area contributed by atoms with Crippen LogP contribution in [0.25, 0.3) is 0 Å². The minimum absolute atomic E-state index is 0. The van der Waals surface area contributed by atoms with E-state index in [0.29, 0.717) is 0 Å². The molecule has 0 aromatic carbocycles. The molecule has 0 aromatic rings. The van der Waals surface area contributed by atoms with Crippen molar-refractivity contribution in [2.75, 3.05) is 0 Å². The van der Waals surface area contributed by atoms with Crippen LogP contribution in [0.5, 0.6) is 0 Å². The molecule has 12 heavy (non-hydrogen) atoms. The number of carbonyl (C=O) groups excluding carboxylic acids is 3. The van der Waals surface area contributed by atoms with E-state index in [4.69, 9.17) is 14.4 Å². The van der Waals surface area contributed by atoms with E-state index in [1.165, 1.54) is 0 Å². The van der Waals surface area contributed by atoms with Crippen LogP contribution in [0, 0.1) is 0 Å². The van der Waals surface area contributed by atoms with Gasteiger partial charge in [0.1, 0.15) is 20.4 Å². The Morgan fingerprint density at radius 3 is 1.08 bits per heavy atom. The van der Waals surface area contributed by atoms with Gasteiger partial charge in [-0.15, -0.1) is 0 Å². The van der Waals surface area contributed by atoms with Gasteiger partial charge < -0.3 is 14.4 Å². The predicted octanol–water partition coefficient (Wildman–Crippen LogP) is 0.945. The van der Waals surface area contributed by atoms with Crippen molar-refractivity contribution in [2.24, 2.45) is 0 Å². The van der Waals surface area contributed by atoms with Crippen LogP contribution in [0.1, 0.15) is 6.42 Å². The largest absolute Gasteiger partial charge is 0.307 e. The van der Waals surface area contributed by atoms with Crippen LogP contribution in [0.2, 0.25) is 0 Å². The van der Waals surface area contributed by atoms with Gasteiger partial charge in [0.25, 0.3) is 0 Å². The van der Waals surface area contributed by atoms with E-state index in [-0.39, 0.29) is 17.1 Å². The molecule has 0 N–H and O–H groups in total. The normalized spacial score (nSPS) is 8.33. The number of allylic oxidation sites excluding steroid dienone is 4. The van der Waals surface area contributed by atoms with Crippen LogP contribution in [0.3, 0.4) is 0 Å². The molecule has 0 spiro atoms. The van der Waals surface area contributed by atoms with Crippen molar-refractivity contribution in [1.29, 1.82) is 0 Å². The molecule has 4 heteroatoms. The summed E-state index contributed by atoms with van der Waals surface area (Å²) >= 11 is 0. The van der Waals surface area contributed by atoms with Crippen molar-refractivity contribution in [3.8, 4) is 0 Å². The third-order valence-electron chi connectivity index (χ3n) is 0.655. The van der Waals surface area contributed by atoms with Gasteiger partial charge in [-0.1, -0.05) is 24.3 Å².